The summed E-state index contributed by atoms with van der Waals surface area (Å²) in [5.41, 5.74) is 1.18. The van der Waals surface area contributed by atoms with E-state index in [0.29, 0.717) is 24.9 Å². The van der Waals surface area contributed by atoms with E-state index in [1.807, 2.05) is 6.55 Å². The Labute approximate surface area is 517 Å². The van der Waals surface area contributed by atoms with Crippen LogP contribution in [-0.4, -0.2) is 132 Å². The molecule has 0 aliphatic heterocycles. The lowest BCUT2D eigenvalue weighted by atomic mass is 10.1. The number of hydrogen-bond acceptors (Lipinski definition) is 17. The van der Waals surface area contributed by atoms with Crippen LogP contribution in [0, 0.1) is 0 Å². The number of rotatable bonds is 26. The molecule has 0 saturated carbocycles. The van der Waals surface area contributed by atoms with Crippen LogP contribution in [0.4, 0.5) is 0 Å². The molecule has 18 nitrogen and oxygen atoms in total. The lowest BCUT2D eigenvalue weighted by Crippen LogP contribution is -2.16. The highest BCUT2D eigenvalue weighted by Crippen LogP contribution is 2.26. The van der Waals surface area contributed by atoms with E-state index < -0.39 is 75.3 Å². The van der Waals surface area contributed by atoms with Gasteiger partial charge < -0.3 is 48.5 Å². The Morgan fingerprint density at radius 2 is 0.619 bits per heavy atom. The lowest BCUT2D eigenvalue weighted by molar-refractivity contribution is 0.00629. The molecule has 0 amide bonds. The Bertz CT molecular complexity index is 2570. The number of benzene rings is 4. The Hall–Kier alpha value is -6.38. The molecule has 0 aliphatic carbocycles. The monoisotopic (exact) mass is 1320 g/mol. The van der Waals surface area contributed by atoms with Gasteiger partial charge in [-0.2, -0.15) is 0 Å². The predicted octanol–water partition coefficient (Wildman–Crippen LogP) is 12.8. The molecule has 0 spiro atoms. The first kappa shape index (κ1) is 79.7. The minimum Gasteiger partial charge on any atom is -0.462 e. The van der Waals surface area contributed by atoms with Crippen LogP contribution in [0.2, 0.25) is 44.8 Å². The Morgan fingerprint density at radius 1 is 0.405 bits per heavy atom. The summed E-state index contributed by atoms with van der Waals surface area (Å²) in [6.07, 6.45) is 6.83. The molecule has 26 heteroatoms. The molecule has 4 aromatic rings. The van der Waals surface area contributed by atoms with E-state index in [2.05, 4.69) is 57.2 Å². The van der Waals surface area contributed by atoms with Crippen molar-refractivity contribution >= 4 is 124 Å². The summed E-state index contributed by atoms with van der Waals surface area (Å²) in [5, 5.41) is 8.50. The zero-order valence-electron chi connectivity index (χ0n) is 47.7. The highest BCUT2D eigenvalue weighted by atomic mass is 35.8. The third kappa shape index (κ3) is 36.4. The predicted molar refractivity (Wildman–Crippen MR) is 335 cm³/mol. The van der Waals surface area contributed by atoms with Gasteiger partial charge in [-0.05, 0) is 86.9 Å². The molecule has 0 fully saturated rings. The Balaban J connectivity index is 0. The van der Waals surface area contributed by atoms with Gasteiger partial charge in [0.2, 0.25) is 6.69 Å². The maximum absolute atomic E-state index is 12.1. The number of carbonyl (C=O) groups excluding carboxylic acids is 8. The number of aliphatic hydroxyl groups excluding tert-OH is 1. The topological polar surface area (TPSA) is 262 Å². The van der Waals surface area contributed by atoms with Gasteiger partial charge in [-0.25, -0.2) is 38.4 Å². The molecular weight excluding hydrogens is 1250 g/mol. The van der Waals surface area contributed by atoms with Crippen LogP contribution in [0.1, 0.15) is 103 Å². The molecular formula is C58H73Cl5O18Si3. The Morgan fingerprint density at radius 3 is 0.821 bits per heavy atom. The molecule has 0 aromatic heterocycles. The molecule has 0 saturated heterocycles. The second kappa shape index (κ2) is 44.1. The van der Waals surface area contributed by atoms with Crippen LogP contribution in [0.5, 0.6) is 0 Å². The van der Waals surface area contributed by atoms with Crippen molar-refractivity contribution in [3.63, 3.8) is 0 Å². The largest absolute Gasteiger partial charge is 0.462 e. The fourth-order valence-electron chi connectivity index (χ4n) is 5.69. The van der Waals surface area contributed by atoms with Crippen LogP contribution in [0.15, 0.2) is 148 Å². The molecule has 0 heterocycles. The number of carbonyl (C=O) groups is 8. The van der Waals surface area contributed by atoms with Gasteiger partial charge in [0.05, 0.1) is 64.3 Å². The second-order valence-corrected chi connectivity index (χ2v) is 41.7. The summed E-state index contributed by atoms with van der Waals surface area (Å²) >= 11 is 29.2. The van der Waals surface area contributed by atoms with Crippen molar-refractivity contribution in [2.24, 2.45) is 0 Å². The first-order chi connectivity index (χ1) is 39.1. The molecule has 0 aliphatic rings. The molecule has 460 valence electrons. The number of halogens is 5. The fourth-order valence-corrected chi connectivity index (χ4v) is 9.01. The van der Waals surface area contributed by atoms with Gasteiger partial charge in [0.1, 0.15) is 26.4 Å². The first-order valence-corrected chi connectivity index (χ1v) is 39.3. The van der Waals surface area contributed by atoms with Gasteiger partial charge in [0.25, 0.3) is 0 Å². The minimum atomic E-state index is -2.71. The summed E-state index contributed by atoms with van der Waals surface area (Å²) in [5.74, 6) is -4.90. The summed E-state index contributed by atoms with van der Waals surface area (Å²) in [7, 11) is -0.611. The summed E-state index contributed by atoms with van der Waals surface area (Å²) in [6, 6.07) is 23.3. The normalized spacial score (nSPS) is 10.2. The van der Waals surface area contributed by atoms with Gasteiger partial charge in [0, 0.05) is 8.07 Å². The van der Waals surface area contributed by atoms with E-state index in [4.69, 9.17) is 93.7 Å². The third-order valence-electron chi connectivity index (χ3n) is 9.10. The minimum absolute atomic E-state index is 0. The molecule has 84 heavy (non-hydrogen) atoms. The molecule has 4 aromatic carbocycles. The van der Waals surface area contributed by atoms with Crippen molar-refractivity contribution < 1.29 is 86.8 Å². The summed E-state index contributed by atoms with van der Waals surface area (Å²) in [6.45, 7) is 24.6. The average Bonchev–Trinajstić information content (AvgIpc) is 3.64. The van der Waals surface area contributed by atoms with E-state index >= 15 is 0 Å². The van der Waals surface area contributed by atoms with E-state index in [1.165, 1.54) is 72.8 Å². The number of aliphatic hydroxyl groups is 1. The number of ether oxygens (including phenoxy) is 8. The molecule has 0 bridgehead atoms. The van der Waals surface area contributed by atoms with Crippen LogP contribution in [0.3, 0.4) is 0 Å². The second-order valence-electron chi connectivity index (χ2n) is 18.2. The quantitative estimate of drug-likeness (QED) is 0.0116. The lowest BCUT2D eigenvalue weighted by Gasteiger charge is -2.11. The van der Waals surface area contributed by atoms with Crippen molar-refractivity contribution in [1.82, 2.24) is 0 Å². The average molecular weight is 1320 g/mol. The van der Waals surface area contributed by atoms with Crippen molar-refractivity contribution in [2.45, 2.75) is 64.6 Å². The van der Waals surface area contributed by atoms with Gasteiger partial charge in [-0.3, -0.25) is 0 Å². The number of hydrogen-bond donors (Lipinski definition) is 1. The molecule has 0 unspecified atom stereocenters. The number of esters is 8. The van der Waals surface area contributed by atoms with E-state index in [0.717, 1.165) is 0 Å². The SMILES string of the molecule is C=CCOC(=O)c1ccccc1C(=O)OCC.C=CCOC(=O)c1ccccc1C(=O)OCCC[Si](C)(Cl)Cl.C=CCOC(=O)c1ccccc1C(=O)OCCC[Si](Cl)(Cl)Cl.C=CCOC(=O)c1ccccc1C(=O)OCO.C[Si](C)(C)C.O. The highest BCUT2D eigenvalue weighted by molar-refractivity contribution is 7.64. The molecule has 0 radical (unpaired) electrons. The smallest absolute Gasteiger partial charge is 0.341 e. The molecule has 0 atom stereocenters. The third-order valence-corrected chi connectivity index (χ3v) is 14.1. The van der Waals surface area contributed by atoms with Crippen molar-refractivity contribution in [3.05, 3.63) is 192 Å². The van der Waals surface area contributed by atoms with E-state index in [9.17, 15) is 38.4 Å². The van der Waals surface area contributed by atoms with Crippen molar-refractivity contribution in [2.75, 3.05) is 53.0 Å². The van der Waals surface area contributed by atoms with Gasteiger partial charge in [0.15, 0.2) is 6.79 Å². The fraction of sp³-hybridized carbons (Fsp3) is 0.310. The first-order valence-electron chi connectivity index (χ1n) is 25.3. The van der Waals surface area contributed by atoms with Crippen LogP contribution in [-0.2, 0) is 37.9 Å². The van der Waals surface area contributed by atoms with E-state index in [1.54, 1.807) is 55.5 Å². The van der Waals surface area contributed by atoms with Crippen molar-refractivity contribution in [3.8, 4) is 0 Å². The standard InChI is InChI=1S/C15H18Cl2O4Si.C14H15Cl3O4Si.C13H14O4.C12H12O5.C4H12Si.H2O/c1-3-9-20-14(18)12-7-4-5-8-13(12)15(19)21-10-6-11-22(2,16)17;1-2-8-20-13(18)11-6-3-4-7-12(11)14(19)21-9-5-10-22(15,16)17;1-3-9-17-13(15)11-8-6-5-7-10(11)12(14)16-4-2;1-2-7-16-11(14)9-5-3-4-6-10(9)12(15)17-8-13;1-5(2,3)4;/h3-5,7-8H,1,6,9-11H2,2H3;2-4,6-7H,1,5,8-10H2;3,5-8H,1,4,9H2,2H3;2-6,13H,1,7-8H2;1-4H3;1H2. The van der Waals surface area contributed by atoms with Gasteiger partial charge >= 0.3 is 53.8 Å². The molecule has 3 N–H and O–H groups in total. The van der Waals surface area contributed by atoms with Gasteiger partial charge in [-0.1, -0.05) is 125 Å². The highest BCUT2D eigenvalue weighted by Gasteiger charge is 2.26. The van der Waals surface area contributed by atoms with E-state index in [-0.39, 0.29) is 96.2 Å². The van der Waals surface area contributed by atoms with Crippen LogP contribution < -0.4 is 0 Å². The zero-order chi connectivity index (χ0) is 63.0. The van der Waals surface area contributed by atoms with Crippen LogP contribution >= 0.6 is 55.4 Å². The van der Waals surface area contributed by atoms with Gasteiger partial charge in [-0.15, -0.1) is 55.4 Å². The Kier molecular flexibility index (Phi) is 41.9. The maximum atomic E-state index is 12.1. The maximum Gasteiger partial charge on any atom is 0.341 e. The summed E-state index contributed by atoms with van der Waals surface area (Å²) in [4.78, 5) is 94.1. The van der Waals surface area contributed by atoms with Crippen LogP contribution in [0.25, 0.3) is 0 Å². The molecule has 4 rings (SSSR count). The van der Waals surface area contributed by atoms with Crippen molar-refractivity contribution in [1.29, 1.82) is 0 Å². The summed E-state index contributed by atoms with van der Waals surface area (Å²) < 4.78 is 39.1. The zero-order valence-corrected chi connectivity index (χ0v) is 54.5.